The molecule has 0 aromatic carbocycles. The van der Waals surface area contributed by atoms with Crippen LogP contribution in [0.1, 0.15) is 62.5 Å². The van der Waals surface area contributed by atoms with Crippen molar-refractivity contribution < 1.29 is 18.7 Å². The zero-order valence-corrected chi connectivity index (χ0v) is 18.1. The molecule has 3 heterocycles. The molecule has 0 unspecified atom stereocenters. The smallest absolute Gasteiger partial charge is 0.242 e. The van der Waals surface area contributed by atoms with Crippen LogP contribution in [0.5, 0.6) is 0 Å². The first-order valence-corrected chi connectivity index (χ1v) is 11.6. The summed E-state index contributed by atoms with van der Waals surface area (Å²) < 4.78 is 11.4. The Bertz CT molecular complexity index is 722. The molecule has 166 valence electrons. The molecule has 1 aromatic rings. The van der Waals surface area contributed by atoms with Gasteiger partial charge < -0.3 is 19.4 Å². The third-order valence-electron chi connectivity index (χ3n) is 6.84. The second-order valence-electron chi connectivity index (χ2n) is 8.88. The van der Waals surface area contributed by atoms with E-state index in [0.29, 0.717) is 26.3 Å². The zero-order valence-electron chi connectivity index (χ0n) is 18.1. The Balaban J connectivity index is 1.39. The fraction of sp³-hybridized carbons (Fsp3) is 0.739. The van der Waals surface area contributed by atoms with E-state index in [2.05, 4.69) is 10.2 Å². The highest BCUT2D eigenvalue weighted by molar-refractivity contribution is 5.89. The summed E-state index contributed by atoms with van der Waals surface area (Å²) >= 11 is 0. The monoisotopic (exact) mass is 417 g/mol. The SMILES string of the molecule is Cc1ccc([C@H](CNC(=O)[C@H]2CCCN2C(=O)C2CCCCC2)N2CCOCC2)o1. The maximum Gasteiger partial charge on any atom is 0.242 e. The molecule has 3 fully saturated rings. The first-order chi connectivity index (χ1) is 14.6. The van der Waals surface area contributed by atoms with Crippen LogP contribution in [0.2, 0.25) is 0 Å². The van der Waals surface area contributed by atoms with Crippen LogP contribution >= 0.6 is 0 Å². The normalized spacial score (nSPS) is 24.7. The van der Waals surface area contributed by atoms with Crippen molar-refractivity contribution in [2.75, 3.05) is 39.4 Å². The van der Waals surface area contributed by atoms with Crippen LogP contribution in [0, 0.1) is 12.8 Å². The summed E-state index contributed by atoms with van der Waals surface area (Å²) in [5, 5.41) is 3.14. The van der Waals surface area contributed by atoms with Gasteiger partial charge in [0.25, 0.3) is 0 Å². The fourth-order valence-electron chi connectivity index (χ4n) is 5.13. The van der Waals surface area contributed by atoms with Crippen molar-refractivity contribution in [3.05, 3.63) is 23.7 Å². The van der Waals surface area contributed by atoms with Gasteiger partial charge in [0, 0.05) is 32.1 Å². The number of aryl methyl sites for hydroxylation is 1. The lowest BCUT2D eigenvalue weighted by Gasteiger charge is -2.34. The molecule has 1 aromatic heterocycles. The third-order valence-corrected chi connectivity index (χ3v) is 6.84. The van der Waals surface area contributed by atoms with Crippen LogP contribution in [-0.4, -0.2) is 67.0 Å². The average Bonchev–Trinajstić information content (AvgIpc) is 3.44. The van der Waals surface area contributed by atoms with Gasteiger partial charge in [0.1, 0.15) is 17.6 Å². The molecule has 1 N–H and O–H groups in total. The summed E-state index contributed by atoms with van der Waals surface area (Å²) in [6.45, 7) is 6.13. The maximum atomic E-state index is 13.1. The first-order valence-electron chi connectivity index (χ1n) is 11.6. The van der Waals surface area contributed by atoms with E-state index in [4.69, 9.17) is 9.15 Å². The standard InChI is InChI=1S/C23H35N3O4/c1-17-9-10-21(30-17)20(25-12-14-29-15-13-25)16-24-22(27)19-8-5-11-26(19)23(28)18-6-3-2-4-7-18/h9-10,18-20H,2-8,11-16H2,1H3,(H,24,27)/t19-,20+/m1/s1. The Hall–Kier alpha value is -1.86. The molecule has 3 aliphatic rings. The number of hydrogen-bond donors (Lipinski definition) is 1. The minimum absolute atomic E-state index is 0.0181. The number of furan rings is 1. The number of ether oxygens (including phenoxy) is 1. The summed E-state index contributed by atoms with van der Waals surface area (Å²) in [7, 11) is 0. The third kappa shape index (κ3) is 4.89. The number of rotatable bonds is 6. The number of nitrogens with one attached hydrogen (secondary N) is 1. The lowest BCUT2D eigenvalue weighted by molar-refractivity contribution is -0.142. The van der Waals surface area contributed by atoms with Gasteiger partial charge in [0.2, 0.25) is 11.8 Å². The van der Waals surface area contributed by atoms with E-state index in [1.807, 2.05) is 24.0 Å². The van der Waals surface area contributed by atoms with Gasteiger partial charge in [0.05, 0.1) is 19.3 Å². The van der Waals surface area contributed by atoms with Crippen molar-refractivity contribution in [3.63, 3.8) is 0 Å². The lowest BCUT2D eigenvalue weighted by atomic mass is 9.88. The Labute approximate surface area is 179 Å². The molecule has 1 aliphatic carbocycles. The zero-order chi connectivity index (χ0) is 20.9. The molecule has 2 atom stereocenters. The highest BCUT2D eigenvalue weighted by Crippen LogP contribution is 2.29. The van der Waals surface area contributed by atoms with Crippen LogP contribution in [0.25, 0.3) is 0 Å². The molecule has 7 nitrogen and oxygen atoms in total. The maximum absolute atomic E-state index is 13.1. The quantitative estimate of drug-likeness (QED) is 0.770. The molecule has 7 heteroatoms. The van der Waals surface area contributed by atoms with Gasteiger partial charge in [-0.1, -0.05) is 19.3 Å². The summed E-state index contributed by atoms with van der Waals surface area (Å²) in [5.74, 6) is 2.02. The molecule has 4 rings (SSSR count). The van der Waals surface area contributed by atoms with E-state index in [1.165, 1.54) is 6.42 Å². The van der Waals surface area contributed by atoms with Crippen LogP contribution in [0.4, 0.5) is 0 Å². The predicted octanol–water partition coefficient (Wildman–Crippen LogP) is 2.65. The Morgan fingerprint density at radius 2 is 1.83 bits per heavy atom. The number of hydrogen-bond acceptors (Lipinski definition) is 5. The number of likely N-dealkylation sites (tertiary alicyclic amines) is 1. The van der Waals surface area contributed by atoms with Gasteiger partial charge in [0.15, 0.2) is 0 Å². The van der Waals surface area contributed by atoms with Crippen LogP contribution in [0.3, 0.4) is 0 Å². The van der Waals surface area contributed by atoms with Gasteiger partial charge >= 0.3 is 0 Å². The van der Waals surface area contributed by atoms with Crippen molar-refractivity contribution in [1.29, 1.82) is 0 Å². The van der Waals surface area contributed by atoms with Gasteiger partial charge in [-0.05, 0) is 44.7 Å². The topological polar surface area (TPSA) is 75.0 Å². The second-order valence-corrected chi connectivity index (χ2v) is 8.88. The van der Waals surface area contributed by atoms with Crippen molar-refractivity contribution in [2.45, 2.75) is 64.0 Å². The highest BCUT2D eigenvalue weighted by atomic mass is 16.5. The lowest BCUT2D eigenvalue weighted by Crippen LogP contribution is -2.50. The van der Waals surface area contributed by atoms with Crippen molar-refractivity contribution in [1.82, 2.24) is 15.1 Å². The summed E-state index contributed by atoms with van der Waals surface area (Å²) in [4.78, 5) is 30.3. The first kappa shape index (κ1) is 21.4. The van der Waals surface area contributed by atoms with Crippen LogP contribution < -0.4 is 5.32 Å². The molecule has 0 radical (unpaired) electrons. The molecule has 30 heavy (non-hydrogen) atoms. The molecule has 1 saturated carbocycles. The van der Waals surface area contributed by atoms with Crippen LogP contribution in [0.15, 0.2) is 16.5 Å². The van der Waals surface area contributed by atoms with Crippen molar-refractivity contribution in [2.24, 2.45) is 5.92 Å². The van der Waals surface area contributed by atoms with E-state index in [0.717, 1.165) is 63.1 Å². The average molecular weight is 418 g/mol. The summed E-state index contributed by atoms with van der Waals surface area (Å²) in [6, 6.07) is 3.61. The number of nitrogens with zero attached hydrogens (tertiary/aromatic N) is 2. The van der Waals surface area contributed by atoms with Crippen molar-refractivity contribution >= 4 is 11.8 Å². The minimum Gasteiger partial charge on any atom is -0.465 e. The summed E-state index contributed by atoms with van der Waals surface area (Å²) in [5.41, 5.74) is 0. The van der Waals surface area contributed by atoms with E-state index in [9.17, 15) is 9.59 Å². The van der Waals surface area contributed by atoms with Gasteiger partial charge in [-0.2, -0.15) is 0 Å². The Morgan fingerprint density at radius 1 is 1.07 bits per heavy atom. The molecular formula is C23H35N3O4. The van der Waals surface area contributed by atoms with E-state index in [-0.39, 0.29) is 29.8 Å². The van der Waals surface area contributed by atoms with Crippen molar-refractivity contribution in [3.8, 4) is 0 Å². The number of carbonyl (C=O) groups is 2. The minimum atomic E-state index is -0.330. The number of morpholine rings is 1. The molecule has 0 bridgehead atoms. The summed E-state index contributed by atoms with van der Waals surface area (Å²) in [6.07, 6.45) is 7.09. The Morgan fingerprint density at radius 3 is 2.53 bits per heavy atom. The van der Waals surface area contributed by atoms with Gasteiger partial charge in [-0.15, -0.1) is 0 Å². The van der Waals surface area contributed by atoms with Crippen LogP contribution in [-0.2, 0) is 14.3 Å². The second kappa shape index (κ2) is 9.96. The molecule has 0 spiro atoms. The largest absolute Gasteiger partial charge is 0.465 e. The predicted molar refractivity (Wildman–Crippen MR) is 113 cm³/mol. The van der Waals surface area contributed by atoms with Gasteiger partial charge in [-0.3, -0.25) is 14.5 Å². The molecule has 2 amide bonds. The number of carbonyl (C=O) groups excluding carboxylic acids is 2. The Kier molecular flexibility index (Phi) is 7.10. The molecule has 2 aliphatic heterocycles. The fourth-order valence-corrected chi connectivity index (χ4v) is 5.13. The number of amides is 2. The van der Waals surface area contributed by atoms with E-state index < -0.39 is 0 Å². The highest BCUT2D eigenvalue weighted by Gasteiger charge is 2.37. The molecule has 2 saturated heterocycles. The van der Waals surface area contributed by atoms with E-state index >= 15 is 0 Å². The van der Waals surface area contributed by atoms with Gasteiger partial charge in [-0.25, -0.2) is 0 Å². The molecular weight excluding hydrogens is 382 g/mol. The van der Waals surface area contributed by atoms with E-state index in [1.54, 1.807) is 0 Å².